The summed E-state index contributed by atoms with van der Waals surface area (Å²) in [5.41, 5.74) is 2.23. The molecule has 1 N–H and O–H groups in total. The molecule has 0 aliphatic carbocycles. The minimum absolute atomic E-state index is 0.276. The first-order valence-electron chi connectivity index (χ1n) is 5.25. The number of aromatic nitrogens is 2. The Bertz CT molecular complexity index is 639. The zero-order chi connectivity index (χ0) is 11.8. The van der Waals surface area contributed by atoms with Crippen molar-refractivity contribution in [2.45, 2.75) is 6.42 Å². The number of benzene rings is 1. The lowest BCUT2D eigenvalue weighted by Gasteiger charge is -2.05. The molecule has 1 aliphatic heterocycles. The first kappa shape index (κ1) is 10.4. The maximum atomic E-state index is 13.6. The summed E-state index contributed by atoms with van der Waals surface area (Å²) in [6.07, 6.45) is 1.99. The molecule has 0 spiro atoms. The zero-order valence-corrected chi connectivity index (χ0v) is 9.68. The molecule has 0 bridgehead atoms. The highest BCUT2D eigenvalue weighted by Gasteiger charge is 2.14. The number of nitrogens with one attached hydrogen (secondary N) is 1. The van der Waals surface area contributed by atoms with E-state index in [0.717, 1.165) is 29.5 Å². The number of ether oxygens (including phenoxy) is 1. The molecule has 2 aromatic rings. The van der Waals surface area contributed by atoms with E-state index in [9.17, 15) is 4.39 Å². The monoisotopic (exact) mass is 248 g/mol. The summed E-state index contributed by atoms with van der Waals surface area (Å²) in [6, 6.07) is 5.59. The van der Waals surface area contributed by atoms with Gasteiger partial charge in [0.25, 0.3) is 0 Å². The summed E-state index contributed by atoms with van der Waals surface area (Å²) in [4.78, 5) is 6.47. The highest BCUT2D eigenvalue weighted by Crippen LogP contribution is 2.30. The molecule has 1 aromatic carbocycles. The number of H-pyrrole nitrogens is 1. The summed E-state index contributed by atoms with van der Waals surface area (Å²) < 4.78 is 19.3. The van der Waals surface area contributed by atoms with Crippen molar-refractivity contribution < 1.29 is 9.13 Å². The lowest BCUT2D eigenvalue weighted by molar-refractivity contribution is 0.357. The highest BCUT2D eigenvalue weighted by molar-refractivity contribution is 7.71. The van der Waals surface area contributed by atoms with Crippen molar-refractivity contribution in [2.24, 2.45) is 0 Å². The number of nitrogens with zero attached hydrogens (tertiary/aromatic N) is 1. The van der Waals surface area contributed by atoms with Crippen molar-refractivity contribution in [1.29, 1.82) is 0 Å². The van der Waals surface area contributed by atoms with Crippen LogP contribution < -0.4 is 4.74 Å². The van der Waals surface area contributed by atoms with Gasteiger partial charge in [-0.05, 0) is 36.0 Å². The molecular formula is C12H9FN2OS. The molecule has 0 unspecified atom stereocenters. The van der Waals surface area contributed by atoms with E-state index in [4.69, 9.17) is 17.0 Å². The number of fused-ring (bicyclic) bond motifs is 1. The maximum Gasteiger partial charge on any atom is 0.197 e. The summed E-state index contributed by atoms with van der Waals surface area (Å²) in [5.74, 6) is 0.472. The van der Waals surface area contributed by atoms with Gasteiger partial charge in [-0.2, -0.15) is 0 Å². The molecule has 17 heavy (non-hydrogen) atoms. The maximum absolute atomic E-state index is 13.6. The van der Waals surface area contributed by atoms with Crippen molar-refractivity contribution >= 4 is 12.2 Å². The Morgan fingerprint density at radius 1 is 1.41 bits per heavy atom. The smallest absolute Gasteiger partial charge is 0.197 e. The van der Waals surface area contributed by atoms with Crippen LogP contribution in [0, 0.1) is 10.6 Å². The standard InChI is InChI=1S/C12H9FN2OS/c13-9-6-14-12(17)15-11(9)8-1-2-10-7(5-8)3-4-16-10/h1-2,5-6H,3-4H2,(H,14,15,17). The summed E-state index contributed by atoms with van der Waals surface area (Å²) in [5, 5.41) is 0. The zero-order valence-electron chi connectivity index (χ0n) is 8.87. The molecule has 2 heterocycles. The molecule has 5 heteroatoms. The molecule has 3 rings (SSSR count). The topological polar surface area (TPSA) is 37.9 Å². The van der Waals surface area contributed by atoms with Crippen LogP contribution in [0.2, 0.25) is 0 Å². The van der Waals surface area contributed by atoms with Crippen LogP contribution >= 0.6 is 12.2 Å². The Labute approximate surface area is 102 Å². The fraction of sp³-hybridized carbons (Fsp3) is 0.167. The van der Waals surface area contributed by atoms with Crippen LogP contribution in [-0.2, 0) is 6.42 Å². The van der Waals surface area contributed by atoms with Gasteiger partial charge < -0.3 is 9.72 Å². The van der Waals surface area contributed by atoms with Crippen LogP contribution in [0.5, 0.6) is 5.75 Å². The molecule has 0 saturated heterocycles. The number of aromatic amines is 1. The first-order valence-corrected chi connectivity index (χ1v) is 5.66. The van der Waals surface area contributed by atoms with E-state index in [0.29, 0.717) is 12.3 Å². The van der Waals surface area contributed by atoms with Crippen molar-refractivity contribution in [3.63, 3.8) is 0 Å². The average Bonchev–Trinajstić information content (AvgIpc) is 2.79. The molecule has 0 atom stereocenters. The van der Waals surface area contributed by atoms with Crippen LogP contribution in [0.4, 0.5) is 4.39 Å². The second-order valence-electron chi connectivity index (χ2n) is 3.83. The lowest BCUT2D eigenvalue weighted by atomic mass is 10.1. The molecule has 0 fully saturated rings. The first-order chi connectivity index (χ1) is 8.24. The largest absolute Gasteiger partial charge is 0.493 e. The second kappa shape index (κ2) is 3.92. The van der Waals surface area contributed by atoms with Crippen molar-refractivity contribution in [3.05, 3.63) is 40.5 Å². The van der Waals surface area contributed by atoms with Crippen molar-refractivity contribution in [2.75, 3.05) is 6.61 Å². The minimum Gasteiger partial charge on any atom is -0.493 e. The number of hydrogen-bond acceptors (Lipinski definition) is 3. The molecule has 1 aromatic heterocycles. The quantitative estimate of drug-likeness (QED) is 0.788. The van der Waals surface area contributed by atoms with E-state index in [2.05, 4.69) is 9.97 Å². The van der Waals surface area contributed by atoms with Gasteiger partial charge in [0.05, 0.1) is 18.5 Å². The van der Waals surface area contributed by atoms with Gasteiger partial charge in [0.15, 0.2) is 10.6 Å². The van der Waals surface area contributed by atoms with Crippen LogP contribution in [0.1, 0.15) is 5.56 Å². The van der Waals surface area contributed by atoms with Gasteiger partial charge in [-0.25, -0.2) is 9.37 Å². The number of hydrogen-bond donors (Lipinski definition) is 1. The summed E-state index contributed by atoms with van der Waals surface area (Å²) >= 11 is 4.90. The molecule has 0 radical (unpaired) electrons. The number of rotatable bonds is 1. The third-order valence-electron chi connectivity index (χ3n) is 2.74. The van der Waals surface area contributed by atoms with E-state index < -0.39 is 5.82 Å². The summed E-state index contributed by atoms with van der Waals surface area (Å²) in [7, 11) is 0. The average molecular weight is 248 g/mol. The Morgan fingerprint density at radius 2 is 2.29 bits per heavy atom. The van der Waals surface area contributed by atoms with Gasteiger partial charge >= 0.3 is 0 Å². The Hall–Kier alpha value is -1.75. The van der Waals surface area contributed by atoms with E-state index in [1.165, 1.54) is 0 Å². The van der Waals surface area contributed by atoms with E-state index in [1.807, 2.05) is 18.2 Å². The second-order valence-corrected chi connectivity index (χ2v) is 4.22. The van der Waals surface area contributed by atoms with Crippen LogP contribution in [0.3, 0.4) is 0 Å². The fourth-order valence-corrected chi connectivity index (χ4v) is 2.09. The van der Waals surface area contributed by atoms with Gasteiger partial charge in [0, 0.05) is 12.0 Å². The van der Waals surface area contributed by atoms with Gasteiger partial charge in [-0.3, -0.25) is 0 Å². The van der Waals surface area contributed by atoms with Gasteiger partial charge in [-0.15, -0.1) is 0 Å². The lowest BCUT2D eigenvalue weighted by Crippen LogP contribution is -1.92. The predicted octanol–water partition coefficient (Wildman–Crippen LogP) is 2.88. The predicted molar refractivity (Wildman–Crippen MR) is 64.0 cm³/mol. The Morgan fingerprint density at radius 3 is 3.18 bits per heavy atom. The third kappa shape index (κ3) is 1.82. The molecule has 0 saturated carbocycles. The normalized spacial score (nSPS) is 13.2. The SMILES string of the molecule is Fc1cnc(=S)[nH]c1-c1ccc2c(c1)CCO2. The Kier molecular flexibility index (Phi) is 2.40. The van der Waals surface area contributed by atoms with Crippen LogP contribution in [0.25, 0.3) is 11.3 Å². The van der Waals surface area contributed by atoms with E-state index in [-0.39, 0.29) is 4.77 Å². The van der Waals surface area contributed by atoms with Gasteiger partial charge in [-0.1, -0.05) is 0 Å². The van der Waals surface area contributed by atoms with Gasteiger partial charge in [0.2, 0.25) is 0 Å². The van der Waals surface area contributed by atoms with E-state index >= 15 is 0 Å². The minimum atomic E-state index is -0.405. The molecule has 86 valence electrons. The number of halogens is 1. The fourth-order valence-electron chi connectivity index (χ4n) is 1.93. The molecule has 0 amide bonds. The Balaban J connectivity index is 2.15. The highest BCUT2D eigenvalue weighted by atomic mass is 32.1. The third-order valence-corrected chi connectivity index (χ3v) is 2.95. The van der Waals surface area contributed by atoms with Gasteiger partial charge in [0.1, 0.15) is 5.75 Å². The van der Waals surface area contributed by atoms with E-state index in [1.54, 1.807) is 0 Å². The van der Waals surface area contributed by atoms with Crippen molar-refractivity contribution in [3.8, 4) is 17.0 Å². The summed E-state index contributed by atoms with van der Waals surface area (Å²) in [6.45, 7) is 0.688. The van der Waals surface area contributed by atoms with Crippen molar-refractivity contribution in [1.82, 2.24) is 9.97 Å². The molecular weight excluding hydrogens is 239 g/mol. The van der Waals surface area contributed by atoms with Crippen LogP contribution in [-0.4, -0.2) is 16.6 Å². The molecule has 3 nitrogen and oxygen atoms in total. The molecule has 1 aliphatic rings. The van der Waals surface area contributed by atoms with Crippen LogP contribution in [0.15, 0.2) is 24.4 Å².